The van der Waals surface area contributed by atoms with Crippen molar-refractivity contribution >= 4 is 30.7 Å². The highest BCUT2D eigenvalue weighted by atomic mass is 35.5. The van der Waals surface area contributed by atoms with Crippen molar-refractivity contribution in [3.63, 3.8) is 0 Å². The monoisotopic (exact) mass is 378 g/mol. The van der Waals surface area contributed by atoms with E-state index in [1.165, 1.54) is 18.4 Å². The lowest BCUT2D eigenvalue weighted by Crippen LogP contribution is -2.35. The molecule has 0 spiro atoms. The average Bonchev–Trinajstić information content (AvgIpc) is 2.74. The summed E-state index contributed by atoms with van der Waals surface area (Å²) in [4.78, 5) is 12.3. The number of carbonyl (C=O) groups excluding carboxylic acids is 1. The fourth-order valence-electron chi connectivity index (χ4n) is 3.26. The Kier molecular flexibility index (Phi) is 10.6. The van der Waals surface area contributed by atoms with E-state index in [0.717, 1.165) is 43.9 Å². The zero-order chi connectivity index (χ0) is 16.1. The number of nitrogens with one attached hydrogen (secondary N) is 2. The Morgan fingerprint density at radius 3 is 2.67 bits per heavy atom. The van der Waals surface area contributed by atoms with Crippen LogP contribution in [0.15, 0.2) is 0 Å². The molecule has 1 saturated heterocycles. The Morgan fingerprint density at radius 2 is 2.12 bits per heavy atom. The van der Waals surface area contributed by atoms with E-state index < -0.39 is 0 Å². The number of nitrogens with zero attached hydrogens (tertiary/aromatic N) is 2. The van der Waals surface area contributed by atoms with Crippen LogP contribution in [-0.2, 0) is 18.3 Å². The van der Waals surface area contributed by atoms with Crippen LogP contribution in [0, 0.1) is 25.7 Å². The number of aromatic nitrogens is 2. The molecule has 0 aromatic carbocycles. The predicted molar refractivity (Wildman–Crippen MR) is 103 cm³/mol. The summed E-state index contributed by atoms with van der Waals surface area (Å²) in [5, 5.41) is 10.9. The van der Waals surface area contributed by atoms with Gasteiger partial charge in [-0.1, -0.05) is 6.92 Å². The van der Waals surface area contributed by atoms with E-state index in [1.807, 2.05) is 25.6 Å². The van der Waals surface area contributed by atoms with Gasteiger partial charge in [0.25, 0.3) is 0 Å². The third-order valence-electron chi connectivity index (χ3n) is 4.87. The van der Waals surface area contributed by atoms with Crippen LogP contribution in [0.25, 0.3) is 0 Å². The van der Waals surface area contributed by atoms with Gasteiger partial charge < -0.3 is 10.6 Å². The van der Waals surface area contributed by atoms with Crippen LogP contribution in [0.5, 0.6) is 0 Å². The summed E-state index contributed by atoms with van der Waals surface area (Å²) in [5.41, 5.74) is 3.40. The maximum Gasteiger partial charge on any atom is 0.223 e. The van der Waals surface area contributed by atoms with Crippen molar-refractivity contribution in [2.24, 2.45) is 18.9 Å². The normalized spacial score (nSPS) is 18.2. The second-order valence-corrected chi connectivity index (χ2v) is 6.67. The quantitative estimate of drug-likeness (QED) is 0.799. The Hall–Kier alpha value is -0.780. The Morgan fingerprint density at radius 1 is 1.42 bits per heavy atom. The predicted octanol–water partition coefficient (Wildman–Crippen LogP) is 2.57. The Balaban J connectivity index is 0.00000264. The number of carbonyl (C=O) groups is 1. The summed E-state index contributed by atoms with van der Waals surface area (Å²) in [7, 11) is 1.95. The summed E-state index contributed by atoms with van der Waals surface area (Å²) in [5.74, 6) is 0.865. The molecule has 0 radical (unpaired) electrons. The van der Waals surface area contributed by atoms with Gasteiger partial charge in [0.15, 0.2) is 0 Å². The number of halogens is 2. The van der Waals surface area contributed by atoms with Crippen molar-refractivity contribution in [3.05, 3.63) is 17.0 Å². The molecule has 0 bridgehead atoms. The van der Waals surface area contributed by atoms with Gasteiger partial charge in [-0.3, -0.25) is 9.48 Å². The lowest BCUT2D eigenvalue weighted by molar-refractivity contribution is -0.124. The van der Waals surface area contributed by atoms with Gasteiger partial charge in [-0.05, 0) is 64.1 Å². The molecule has 1 aliphatic heterocycles. The zero-order valence-corrected chi connectivity index (χ0v) is 16.9. The molecule has 2 heterocycles. The van der Waals surface area contributed by atoms with Crippen molar-refractivity contribution in [1.29, 1.82) is 0 Å². The smallest absolute Gasteiger partial charge is 0.223 e. The summed E-state index contributed by atoms with van der Waals surface area (Å²) in [6.07, 6.45) is 4.39. The van der Waals surface area contributed by atoms with E-state index in [2.05, 4.69) is 22.7 Å². The Bertz CT molecular complexity index is 513. The van der Waals surface area contributed by atoms with E-state index >= 15 is 0 Å². The SMILES string of the molecule is Cc1nn(C)c(C)c1CC(C)C(=O)NCCC1CCCNC1.Cl.Cl. The van der Waals surface area contributed by atoms with E-state index in [9.17, 15) is 4.79 Å². The molecule has 1 aromatic rings. The van der Waals surface area contributed by atoms with Crippen molar-refractivity contribution in [3.8, 4) is 0 Å². The number of hydrogen-bond donors (Lipinski definition) is 2. The standard InChI is InChI=1S/C17H30N4O.2ClH/c1-12(10-16-13(2)20-21(4)14(16)3)17(22)19-9-7-15-6-5-8-18-11-15;;/h12,15,18H,5-11H2,1-4H3,(H,19,22);2*1H. The molecule has 2 unspecified atom stereocenters. The highest BCUT2D eigenvalue weighted by Crippen LogP contribution is 2.17. The highest BCUT2D eigenvalue weighted by Gasteiger charge is 2.19. The van der Waals surface area contributed by atoms with E-state index in [0.29, 0.717) is 5.92 Å². The molecule has 7 heteroatoms. The van der Waals surface area contributed by atoms with Crippen molar-refractivity contribution < 1.29 is 4.79 Å². The third-order valence-corrected chi connectivity index (χ3v) is 4.87. The molecule has 2 atom stereocenters. The maximum atomic E-state index is 12.3. The van der Waals surface area contributed by atoms with Crippen LogP contribution < -0.4 is 10.6 Å². The van der Waals surface area contributed by atoms with Gasteiger partial charge >= 0.3 is 0 Å². The van der Waals surface area contributed by atoms with Gasteiger partial charge in [0.2, 0.25) is 5.91 Å². The summed E-state index contributed by atoms with van der Waals surface area (Å²) >= 11 is 0. The van der Waals surface area contributed by atoms with Crippen molar-refractivity contribution in [2.75, 3.05) is 19.6 Å². The molecule has 140 valence electrons. The summed E-state index contributed by atoms with van der Waals surface area (Å²) in [6.45, 7) is 9.12. The van der Waals surface area contributed by atoms with E-state index in [-0.39, 0.29) is 36.6 Å². The summed E-state index contributed by atoms with van der Waals surface area (Å²) in [6, 6.07) is 0. The largest absolute Gasteiger partial charge is 0.356 e. The molecule has 1 aliphatic rings. The molecule has 5 nitrogen and oxygen atoms in total. The number of hydrogen-bond acceptors (Lipinski definition) is 3. The lowest BCUT2D eigenvalue weighted by atomic mass is 9.96. The van der Waals surface area contributed by atoms with Crippen LogP contribution in [0.2, 0.25) is 0 Å². The van der Waals surface area contributed by atoms with Crippen LogP contribution in [0.4, 0.5) is 0 Å². The number of rotatable bonds is 6. The van der Waals surface area contributed by atoms with Gasteiger partial charge in [-0.15, -0.1) is 24.8 Å². The molecule has 24 heavy (non-hydrogen) atoms. The molecule has 1 aromatic heterocycles. The van der Waals surface area contributed by atoms with Crippen LogP contribution in [0.1, 0.15) is 43.1 Å². The second kappa shape index (κ2) is 11.0. The highest BCUT2D eigenvalue weighted by molar-refractivity contribution is 5.85. The molecule has 1 amide bonds. The van der Waals surface area contributed by atoms with E-state index in [4.69, 9.17) is 0 Å². The van der Waals surface area contributed by atoms with Crippen LogP contribution in [0.3, 0.4) is 0 Å². The minimum absolute atomic E-state index is 0. The third kappa shape index (κ3) is 6.26. The minimum atomic E-state index is -0.00826. The maximum absolute atomic E-state index is 12.3. The number of piperidine rings is 1. The fourth-order valence-corrected chi connectivity index (χ4v) is 3.26. The molecule has 2 N–H and O–H groups in total. The van der Waals surface area contributed by atoms with Gasteiger partial charge in [0.05, 0.1) is 5.69 Å². The first-order valence-electron chi connectivity index (χ1n) is 8.46. The molecule has 2 rings (SSSR count). The number of aryl methyl sites for hydroxylation is 2. The first-order valence-corrected chi connectivity index (χ1v) is 8.46. The van der Waals surface area contributed by atoms with Gasteiger partial charge in [0.1, 0.15) is 0 Å². The van der Waals surface area contributed by atoms with Crippen LogP contribution >= 0.6 is 24.8 Å². The average molecular weight is 379 g/mol. The van der Waals surface area contributed by atoms with Crippen LogP contribution in [-0.4, -0.2) is 35.3 Å². The van der Waals surface area contributed by atoms with Crippen molar-refractivity contribution in [1.82, 2.24) is 20.4 Å². The fraction of sp³-hybridized carbons (Fsp3) is 0.765. The molecule has 1 fully saturated rings. The molecule has 0 aliphatic carbocycles. The van der Waals surface area contributed by atoms with E-state index in [1.54, 1.807) is 0 Å². The molecular weight excluding hydrogens is 347 g/mol. The zero-order valence-electron chi connectivity index (χ0n) is 15.2. The van der Waals surface area contributed by atoms with Gasteiger partial charge in [-0.25, -0.2) is 0 Å². The van der Waals surface area contributed by atoms with Gasteiger partial charge in [-0.2, -0.15) is 5.10 Å². The van der Waals surface area contributed by atoms with Gasteiger partial charge in [0, 0.05) is 25.2 Å². The molecule has 0 saturated carbocycles. The van der Waals surface area contributed by atoms with Crippen molar-refractivity contribution in [2.45, 2.75) is 46.5 Å². The molecular formula is C17H32Cl2N4O. The summed E-state index contributed by atoms with van der Waals surface area (Å²) < 4.78 is 1.89. The Labute approximate surface area is 158 Å². The first-order chi connectivity index (χ1) is 10.5. The number of amides is 1. The topological polar surface area (TPSA) is 59.0 Å². The first kappa shape index (κ1) is 23.2. The lowest BCUT2D eigenvalue weighted by Gasteiger charge is -2.23. The second-order valence-electron chi connectivity index (χ2n) is 6.67. The minimum Gasteiger partial charge on any atom is -0.356 e.